The van der Waals surface area contributed by atoms with Crippen molar-refractivity contribution in [2.45, 2.75) is 18.8 Å². The molecule has 1 amide bonds. The number of benzene rings is 1. The molecule has 5 nitrogen and oxygen atoms in total. The Hall–Kier alpha value is -2.31. The lowest BCUT2D eigenvalue weighted by Gasteiger charge is -2.31. The Morgan fingerprint density at radius 3 is 2.68 bits per heavy atom. The third-order valence-corrected chi connectivity index (χ3v) is 6.13. The van der Waals surface area contributed by atoms with Gasteiger partial charge in [-0.15, -0.1) is 11.3 Å². The highest BCUT2D eigenvalue weighted by molar-refractivity contribution is 7.10. The van der Waals surface area contributed by atoms with Crippen LogP contribution in [0.5, 0.6) is 11.5 Å². The van der Waals surface area contributed by atoms with Gasteiger partial charge in [0.1, 0.15) is 0 Å². The molecule has 1 aromatic heterocycles. The van der Waals surface area contributed by atoms with E-state index in [-0.39, 0.29) is 5.91 Å². The lowest BCUT2D eigenvalue weighted by molar-refractivity contribution is -0.116. The van der Waals surface area contributed by atoms with Crippen LogP contribution in [0.2, 0.25) is 0 Å². The molecule has 3 rings (SSSR count). The van der Waals surface area contributed by atoms with Crippen LogP contribution in [0.1, 0.15) is 29.2 Å². The molecule has 1 aliphatic rings. The number of methoxy groups -OCH3 is 2. The minimum Gasteiger partial charge on any atom is -0.493 e. The number of hydrogen-bond donors (Lipinski definition) is 1. The molecule has 0 radical (unpaired) electrons. The van der Waals surface area contributed by atoms with Gasteiger partial charge >= 0.3 is 0 Å². The van der Waals surface area contributed by atoms with E-state index >= 15 is 0 Å². The van der Waals surface area contributed by atoms with Crippen LogP contribution in [0, 0.1) is 0 Å². The van der Waals surface area contributed by atoms with E-state index in [1.807, 2.05) is 29.5 Å². The molecule has 0 aliphatic carbocycles. The second kappa shape index (κ2) is 10.3. The van der Waals surface area contributed by atoms with Crippen LogP contribution in [0.4, 0.5) is 0 Å². The van der Waals surface area contributed by atoms with Crippen molar-refractivity contribution >= 4 is 23.3 Å². The summed E-state index contributed by atoms with van der Waals surface area (Å²) in [5, 5.41) is 5.13. The Balaban J connectivity index is 1.38. The monoisotopic (exact) mass is 400 g/mol. The fourth-order valence-electron chi connectivity index (χ4n) is 3.49. The van der Waals surface area contributed by atoms with Gasteiger partial charge in [0.15, 0.2) is 11.5 Å². The van der Waals surface area contributed by atoms with Gasteiger partial charge in [0.05, 0.1) is 14.2 Å². The van der Waals surface area contributed by atoms with E-state index in [4.69, 9.17) is 9.47 Å². The zero-order chi connectivity index (χ0) is 19.8. The highest BCUT2D eigenvalue weighted by Gasteiger charge is 2.20. The van der Waals surface area contributed by atoms with Crippen LogP contribution < -0.4 is 14.8 Å². The molecule has 1 aromatic carbocycles. The number of nitrogens with one attached hydrogen (secondary N) is 1. The Kier molecular flexibility index (Phi) is 7.51. The molecule has 1 aliphatic heterocycles. The predicted octanol–water partition coefficient (Wildman–Crippen LogP) is 3.77. The van der Waals surface area contributed by atoms with E-state index in [1.54, 1.807) is 26.4 Å². The summed E-state index contributed by atoms with van der Waals surface area (Å²) in [7, 11) is 3.20. The molecule has 0 unspecified atom stereocenters. The van der Waals surface area contributed by atoms with Crippen molar-refractivity contribution in [1.82, 2.24) is 10.2 Å². The third kappa shape index (κ3) is 5.59. The van der Waals surface area contributed by atoms with Gasteiger partial charge in [-0.2, -0.15) is 0 Å². The van der Waals surface area contributed by atoms with Crippen molar-refractivity contribution in [3.05, 3.63) is 52.2 Å². The first-order valence-corrected chi connectivity index (χ1v) is 10.5. The molecule has 0 spiro atoms. The quantitative estimate of drug-likeness (QED) is 0.686. The van der Waals surface area contributed by atoms with E-state index < -0.39 is 0 Å². The smallest absolute Gasteiger partial charge is 0.244 e. The van der Waals surface area contributed by atoms with Gasteiger partial charge in [-0.05, 0) is 67.1 Å². The zero-order valence-electron chi connectivity index (χ0n) is 16.5. The summed E-state index contributed by atoms with van der Waals surface area (Å²) in [4.78, 5) is 16.0. The first-order chi connectivity index (χ1) is 13.7. The third-order valence-electron chi connectivity index (χ3n) is 5.10. The second-order valence-corrected chi connectivity index (χ2v) is 7.85. The van der Waals surface area contributed by atoms with Crippen molar-refractivity contribution in [1.29, 1.82) is 0 Å². The van der Waals surface area contributed by atoms with E-state index in [9.17, 15) is 4.79 Å². The number of piperidine rings is 1. The number of thiophene rings is 1. The van der Waals surface area contributed by atoms with Crippen LogP contribution in [-0.4, -0.2) is 51.2 Å². The number of carbonyl (C=O) groups excluding carboxylic acids is 1. The molecular weight excluding hydrogens is 372 g/mol. The maximum atomic E-state index is 12.1. The second-order valence-electron chi connectivity index (χ2n) is 6.87. The lowest BCUT2D eigenvalue weighted by atomic mass is 9.95. The average molecular weight is 401 g/mol. The minimum atomic E-state index is -0.0803. The summed E-state index contributed by atoms with van der Waals surface area (Å²) in [5.41, 5.74) is 0.892. The summed E-state index contributed by atoms with van der Waals surface area (Å²) in [6, 6.07) is 9.95. The average Bonchev–Trinajstić information content (AvgIpc) is 3.27. The molecule has 6 heteroatoms. The van der Waals surface area contributed by atoms with Gasteiger partial charge in [0.25, 0.3) is 0 Å². The number of hydrogen-bond acceptors (Lipinski definition) is 5. The van der Waals surface area contributed by atoms with Crippen molar-refractivity contribution < 1.29 is 14.3 Å². The van der Waals surface area contributed by atoms with Crippen molar-refractivity contribution in [3.63, 3.8) is 0 Å². The van der Waals surface area contributed by atoms with Gasteiger partial charge in [-0.3, -0.25) is 4.79 Å². The Morgan fingerprint density at radius 1 is 1.21 bits per heavy atom. The van der Waals surface area contributed by atoms with Crippen LogP contribution in [0.15, 0.2) is 41.8 Å². The van der Waals surface area contributed by atoms with Gasteiger partial charge in [-0.1, -0.05) is 12.1 Å². The van der Waals surface area contributed by atoms with Crippen molar-refractivity contribution in [2.24, 2.45) is 0 Å². The fourth-order valence-corrected chi connectivity index (χ4v) is 4.39. The van der Waals surface area contributed by atoms with E-state index in [0.717, 1.165) is 25.2 Å². The summed E-state index contributed by atoms with van der Waals surface area (Å²) < 4.78 is 10.5. The van der Waals surface area contributed by atoms with Crippen LogP contribution in [0.25, 0.3) is 6.08 Å². The summed E-state index contributed by atoms with van der Waals surface area (Å²) in [5.74, 6) is 1.95. The number of ether oxygens (including phenoxy) is 2. The number of carbonyl (C=O) groups is 1. The van der Waals surface area contributed by atoms with Crippen molar-refractivity contribution in [3.8, 4) is 11.5 Å². The maximum absolute atomic E-state index is 12.1. The van der Waals surface area contributed by atoms with E-state index in [1.165, 1.54) is 17.7 Å². The standard InChI is InChI=1S/C22H28N2O3S/c1-26-19-7-5-17(16-20(19)27-2)6-8-22(25)23-11-14-24-12-9-18(10-13-24)21-4-3-15-28-21/h3-8,15-16,18H,9-14H2,1-2H3,(H,23,25)/b8-6+. The van der Waals surface area contributed by atoms with Crippen LogP contribution >= 0.6 is 11.3 Å². The Morgan fingerprint density at radius 2 is 2.00 bits per heavy atom. The normalized spacial score (nSPS) is 15.6. The SMILES string of the molecule is COc1ccc(/C=C/C(=O)NCCN2CCC(c3cccs3)CC2)cc1OC. The molecule has 1 N–H and O–H groups in total. The molecule has 2 aromatic rings. The summed E-state index contributed by atoms with van der Waals surface area (Å²) >= 11 is 1.86. The van der Waals surface area contributed by atoms with E-state index in [0.29, 0.717) is 24.0 Å². The first-order valence-electron chi connectivity index (χ1n) is 9.63. The van der Waals surface area contributed by atoms with Crippen molar-refractivity contribution in [2.75, 3.05) is 40.4 Å². The molecule has 0 atom stereocenters. The van der Waals surface area contributed by atoms with Crippen LogP contribution in [0.3, 0.4) is 0 Å². The number of amides is 1. The zero-order valence-corrected chi connectivity index (χ0v) is 17.3. The topological polar surface area (TPSA) is 50.8 Å². The van der Waals surface area contributed by atoms with Gasteiger partial charge in [0, 0.05) is 24.0 Å². The molecule has 0 bridgehead atoms. The fraction of sp³-hybridized carbons (Fsp3) is 0.409. The number of rotatable bonds is 8. The molecular formula is C22H28N2O3S. The molecule has 1 fully saturated rings. The molecule has 28 heavy (non-hydrogen) atoms. The molecule has 2 heterocycles. The van der Waals surface area contributed by atoms with E-state index in [2.05, 4.69) is 27.7 Å². The predicted molar refractivity (Wildman–Crippen MR) is 114 cm³/mol. The minimum absolute atomic E-state index is 0.0803. The summed E-state index contributed by atoms with van der Waals surface area (Å²) in [6.45, 7) is 3.76. The lowest BCUT2D eigenvalue weighted by Crippen LogP contribution is -2.38. The summed E-state index contributed by atoms with van der Waals surface area (Å²) in [6.07, 6.45) is 5.75. The first kappa shape index (κ1) is 20.4. The molecule has 1 saturated heterocycles. The maximum Gasteiger partial charge on any atom is 0.244 e. The molecule has 150 valence electrons. The number of likely N-dealkylation sites (tertiary alicyclic amines) is 1. The van der Waals surface area contributed by atoms with Crippen LogP contribution in [-0.2, 0) is 4.79 Å². The largest absolute Gasteiger partial charge is 0.493 e. The highest BCUT2D eigenvalue weighted by atomic mass is 32.1. The van der Waals surface area contributed by atoms with Gasteiger partial charge in [-0.25, -0.2) is 0 Å². The Labute approximate surface area is 171 Å². The Bertz CT molecular complexity index is 781. The van der Waals surface area contributed by atoms with Gasteiger partial charge in [0.2, 0.25) is 5.91 Å². The molecule has 0 saturated carbocycles. The van der Waals surface area contributed by atoms with Gasteiger partial charge < -0.3 is 19.7 Å². The highest BCUT2D eigenvalue weighted by Crippen LogP contribution is 2.31. The number of nitrogens with zero attached hydrogens (tertiary/aromatic N) is 1.